The summed E-state index contributed by atoms with van der Waals surface area (Å²) in [7, 11) is 0. The number of rotatable bonds is 10. The molecule has 3 rings (SSSR count). The minimum atomic E-state index is -0.946. The van der Waals surface area contributed by atoms with Crippen LogP contribution in [0.1, 0.15) is 38.7 Å². The maximum absolute atomic E-state index is 13.1. The lowest BCUT2D eigenvalue weighted by atomic mass is 10.0. The van der Waals surface area contributed by atoms with Crippen molar-refractivity contribution in [2.24, 2.45) is 0 Å². The molecular weight excluding hydrogens is 436 g/mol. The summed E-state index contributed by atoms with van der Waals surface area (Å²) >= 11 is 0. The fourth-order valence-corrected chi connectivity index (χ4v) is 3.65. The Morgan fingerprint density at radius 2 is 1.71 bits per heavy atom. The van der Waals surface area contributed by atoms with Crippen LogP contribution in [0.5, 0.6) is 11.5 Å². The molecule has 2 aromatic carbocycles. The molecule has 1 fully saturated rings. The lowest BCUT2D eigenvalue weighted by Crippen LogP contribution is -2.60. The molecule has 8 nitrogen and oxygen atoms in total. The molecule has 0 spiro atoms. The fraction of sp³-hybridized carbons (Fsp3) is 0.423. The Morgan fingerprint density at radius 3 is 2.38 bits per heavy atom. The van der Waals surface area contributed by atoms with Crippen molar-refractivity contribution in [3.63, 3.8) is 0 Å². The molecule has 2 amide bonds. The van der Waals surface area contributed by atoms with Crippen molar-refractivity contribution in [1.82, 2.24) is 10.2 Å². The third-order valence-electron chi connectivity index (χ3n) is 5.54. The quantitative estimate of drug-likeness (QED) is 0.426. The number of hydrogen-bond donors (Lipinski definition) is 1. The summed E-state index contributed by atoms with van der Waals surface area (Å²) in [6, 6.07) is 15.8. The molecule has 1 aliphatic heterocycles. The van der Waals surface area contributed by atoms with Crippen molar-refractivity contribution in [1.29, 1.82) is 0 Å². The summed E-state index contributed by atoms with van der Waals surface area (Å²) in [4.78, 5) is 39.3. The summed E-state index contributed by atoms with van der Waals surface area (Å²) in [6.45, 7) is 6.69. The van der Waals surface area contributed by atoms with E-state index in [0.717, 1.165) is 0 Å². The van der Waals surface area contributed by atoms with Crippen LogP contribution in [-0.4, -0.2) is 61.1 Å². The van der Waals surface area contributed by atoms with Crippen LogP contribution in [0.2, 0.25) is 0 Å². The van der Waals surface area contributed by atoms with Crippen molar-refractivity contribution in [3.05, 3.63) is 60.2 Å². The van der Waals surface area contributed by atoms with Crippen LogP contribution in [0.4, 0.5) is 0 Å². The number of hydrogen-bond acceptors (Lipinski definition) is 6. The third kappa shape index (κ3) is 6.97. The van der Waals surface area contributed by atoms with Gasteiger partial charge in [-0.2, -0.15) is 0 Å². The van der Waals surface area contributed by atoms with E-state index in [1.165, 1.54) is 10.5 Å². The molecular formula is C26H32N2O6. The number of amides is 2. The first-order valence-electron chi connectivity index (χ1n) is 11.5. The van der Waals surface area contributed by atoms with Crippen molar-refractivity contribution >= 4 is 17.8 Å². The Hall–Kier alpha value is -3.55. The number of carbonyl (C=O) groups excluding carboxylic acids is 3. The van der Waals surface area contributed by atoms with Gasteiger partial charge in [0.15, 0.2) is 6.10 Å². The fourth-order valence-electron chi connectivity index (χ4n) is 3.65. The molecule has 1 N–H and O–H groups in total. The number of para-hydroxylation sites is 1. The SMILES string of the molecule is CC(Oc1ccc(C(C)C)cc1)C(=O)N1CCNC(=O)C1CC(=O)OCCOc1ccccc1. The van der Waals surface area contributed by atoms with Gasteiger partial charge in [-0.1, -0.05) is 44.2 Å². The molecule has 2 atom stereocenters. The Morgan fingerprint density at radius 1 is 1.00 bits per heavy atom. The molecule has 2 aromatic rings. The van der Waals surface area contributed by atoms with E-state index < -0.39 is 18.1 Å². The van der Waals surface area contributed by atoms with Crippen molar-refractivity contribution in [2.75, 3.05) is 26.3 Å². The van der Waals surface area contributed by atoms with E-state index in [2.05, 4.69) is 19.2 Å². The second-order valence-electron chi connectivity index (χ2n) is 8.41. The van der Waals surface area contributed by atoms with Crippen molar-refractivity contribution < 1.29 is 28.6 Å². The van der Waals surface area contributed by atoms with Gasteiger partial charge in [-0.05, 0) is 42.7 Å². The Labute approximate surface area is 200 Å². The zero-order valence-corrected chi connectivity index (χ0v) is 19.9. The van der Waals surface area contributed by atoms with Crippen LogP contribution in [0.3, 0.4) is 0 Å². The molecule has 0 saturated carbocycles. The first-order valence-corrected chi connectivity index (χ1v) is 11.5. The molecule has 1 heterocycles. The van der Waals surface area contributed by atoms with Gasteiger partial charge in [-0.25, -0.2) is 0 Å². The number of carbonyl (C=O) groups is 3. The smallest absolute Gasteiger partial charge is 0.308 e. The van der Waals surface area contributed by atoms with Crippen LogP contribution in [-0.2, 0) is 19.1 Å². The van der Waals surface area contributed by atoms with Crippen LogP contribution in [0, 0.1) is 0 Å². The van der Waals surface area contributed by atoms with E-state index in [1.54, 1.807) is 19.1 Å². The third-order valence-corrected chi connectivity index (χ3v) is 5.54. The summed E-state index contributed by atoms with van der Waals surface area (Å²) < 4.78 is 16.5. The normalized spacial score (nSPS) is 16.5. The van der Waals surface area contributed by atoms with E-state index in [9.17, 15) is 14.4 Å². The highest BCUT2D eigenvalue weighted by Crippen LogP contribution is 2.21. The number of nitrogens with one attached hydrogen (secondary N) is 1. The maximum Gasteiger partial charge on any atom is 0.308 e. The number of ether oxygens (including phenoxy) is 3. The average molecular weight is 469 g/mol. The van der Waals surface area contributed by atoms with E-state index in [0.29, 0.717) is 30.5 Å². The highest BCUT2D eigenvalue weighted by Gasteiger charge is 2.37. The van der Waals surface area contributed by atoms with Crippen LogP contribution in [0.25, 0.3) is 0 Å². The van der Waals surface area contributed by atoms with Gasteiger partial charge in [0.25, 0.3) is 5.91 Å². The van der Waals surface area contributed by atoms with Gasteiger partial charge in [0.1, 0.15) is 30.8 Å². The van der Waals surface area contributed by atoms with Crippen LogP contribution >= 0.6 is 0 Å². The number of nitrogens with zero attached hydrogens (tertiary/aromatic N) is 1. The highest BCUT2D eigenvalue weighted by atomic mass is 16.6. The van der Waals surface area contributed by atoms with E-state index in [4.69, 9.17) is 14.2 Å². The topological polar surface area (TPSA) is 94.2 Å². The Kier molecular flexibility index (Phi) is 8.90. The van der Waals surface area contributed by atoms with Crippen molar-refractivity contribution in [2.45, 2.75) is 45.3 Å². The molecule has 1 aliphatic rings. The van der Waals surface area contributed by atoms with Gasteiger partial charge < -0.3 is 24.4 Å². The lowest BCUT2D eigenvalue weighted by Gasteiger charge is -2.36. The molecule has 0 aliphatic carbocycles. The first kappa shape index (κ1) is 25.1. The van der Waals surface area contributed by atoms with Gasteiger partial charge in [-0.15, -0.1) is 0 Å². The molecule has 34 heavy (non-hydrogen) atoms. The number of benzene rings is 2. The van der Waals surface area contributed by atoms with Crippen LogP contribution < -0.4 is 14.8 Å². The molecule has 8 heteroatoms. The molecule has 0 radical (unpaired) electrons. The average Bonchev–Trinajstić information content (AvgIpc) is 2.83. The summed E-state index contributed by atoms with van der Waals surface area (Å²) in [6.07, 6.45) is -1.05. The molecule has 0 aromatic heterocycles. The molecule has 182 valence electrons. The molecule has 0 bridgehead atoms. The standard InChI is InChI=1S/C26H32N2O6/c1-18(2)20-9-11-22(12-10-20)34-19(3)26(31)28-14-13-27-25(30)23(28)17-24(29)33-16-15-32-21-7-5-4-6-8-21/h4-12,18-19,23H,13-17H2,1-3H3,(H,27,30). The Bertz CT molecular complexity index is 961. The van der Waals surface area contributed by atoms with Gasteiger partial charge in [0.2, 0.25) is 5.91 Å². The van der Waals surface area contributed by atoms with Gasteiger partial charge in [0, 0.05) is 13.1 Å². The summed E-state index contributed by atoms with van der Waals surface area (Å²) in [5, 5.41) is 2.71. The predicted molar refractivity (Wildman–Crippen MR) is 127 cm³/mol. The van der Waals surface area contributed by atoms with Crippen LogP contribution in [0.15, 0.2) is 54.6 Å². The van der Waals surface area contributed by atoms with Gasteiger partial charge >= 0.3 is 5.97 Å². The molecule has 2 unspecified atom stereocenters. The largest absolute Gasteiger partial charge is 0.490 e. The monoisotopic (exact) mass is 468 g/mol. The van der Waals surface area contributed by atoms with E-state index in [1.807, 2.05) is 42.5 Å². The van der Waals surface area contributed by atoms with E-state index >= 15 is 0 Å². The zero-order chi connectivity index (χ0) is 24.5. The maximum atomic E-state index is 13.1. The first-order chi connectivity index (χ1) is 16.3. The Balaban J connectivity index is 1.52. The van der Waals surface area contributed by atoms with Gasteiger partial charge in [-0.3, -0.25) is 14.4 Å². The lowest BCUT2D eigenvalue weighted by molar-refractivity contribution is -0.154. The van der Waals surface area contributed by atoms with Crippen molar-refractivity contribution in [3.8, 4) is 11.5 Å². The minimum Gasteiger partial charge on any atom is -0.490 e. The molecule has 1 saturated heterocycles. The summed E-state index contributed by atoms with van der Waals surface area (Å²) in [5.74, 6) is 0.328. The minimum absolute atomic E-state index is 0.0436. The highest BCUT2D eigenvalue weighted by molar-refractivity contribution is 5.93. The second-order valence-corrected chi connectivity index (χ2v) is 8.41. The zero-order valence-electron chi connectivity index (χ0n) is 19.9. The predicted octanol–water partition coefficient (Wildman–Crippen LogP) is 2.92. The van der Waals surface area contributed by atoms with E-state index in [-0.39, 0.29) is 31.4 Å². The number of esters is 1. The van der Waals surface area contributed by atoms with Gasteiger partial charge in [0.05, 0.1) is 6.42 Å². The number of piperazine rings is 1. The summed E-state index contributed by atoms with van der Waals surface area (Å²) in [5.41, 5.74) is 1.17. The second kappa shape index (κ2) is 12.1.